The molecule has 4 rings (SSSR count). The minimum atomic E-state index is -0.684. The molecule has 29 heavy (non-hydrogen) atoms. The van der Waals surface area contributed by atoms with Crippen LogP contribution in [0, 0.1) is 46.3 Å². The standard InChI is InChI=1S/C26H40O3/c1-5-17-19-8-6-7-14-25(19,3)21-13-15-26(4)18(16(2)9-12-22(27)28)10-11-20(26)23(21)24(17)29/h5,16,18-21,23H,6-15H2,1-4H3,(H,27,28)/b17-5-/t16-,18?,19+,20?,21?,23?,25+,26?/m1/s1. The zero-order valence-electron chi connectivity index (χ0n) is 18.9. The zero-order valence-corrected chi connectivity index (χ0v) is 18.9. The molecule has 3 heteroatoms. The lowest BCUT2D eigenvalue weighted by Crippen LogP contribution is -2.57. The van der Waals surface area contributed by atoms with Crippen LogP contribution >= 0.6 is 0 Å². The molecule has 0 aliphatic heterocycles. The lowest BCUT2D eigenvalue weighted by Gasteiger charge is -2.60. The summed E-state index contributed by atoms with van der Waals surface area (Å²) in [7, 11) is 0. The van der Waals surface area contributed by atoms with Crippen LogP contribution in [0.3, 0.4) is 0 Å². The molecule has 0 radical (unpaired) electrons. The molecule has 4 saturated carbocycles. The third-order valence-corrected chi connectivity index (χ3v) is 10.2. The molecule has 8 atom stereocenters. The maximum atomic E-state index is 13.8. The second kappa shape index (κ2) is 7.54. The van der Waals surface area contributed by atoms with Gasteiger partial charge in [0.1, 0.15) is 0 Å². The first kappa shape index (κ1) is 21.1. The Morgan fingerprint density at radius 1 is 1.10 bits per heavy atom. The molecule has 162 valence electrons. The molecule has 3 nitrogen and oxygen atoms in total. The molecule has 4 aliphatic rings. The SMILES string of the molecule is C/C=C1\C(=O)C2C3CCC([C@H](C)CCC(=O)O)C3(C)CCC2[C@@]2(C)CCCC[C@@H]12. The van der Waals surface area contributed by atoms with Crippen LogP contribution in [-0.4, -0.2) is 16.9 Å². The summed E-state index contributed by atoms with van der Waals surface area (Å²) in [5.41, 5.74) is 1.65. The summed E-state index contributed by atoms with van der Waals surface area (Å²) in [6, 6.07) is 0. The molecule has 0 heterocycles. The van der Waals surface area contributed by atoms with Crippen LogP contribution in [0.25, 0.3) is 0 Å². The first-order valence-electron chi connectivity index (χ1n) is 12.2. The van der Waals surface area contributed by atoms with Gasteiger partial charge in [0.05, 0.1) is 0 Å². The van der Waals surface area contributed by atoms with Crippen LogP contribution in [0.5, 0.6) is 0 Å². The Labute approximate surface area is 176 Å². The fourth-order valence-corrected chi connectivity index (χ4v) is 8.79. The van der Waals surface area contributed by atoms with E-state index in [0.717, 1.165) is 18.4 Å². The fraction of sp³-hybridized carbons (Fsp3) is 0.846. The van der Waals surface area contributed by atoms with E-state index in [1.54, 1.807) is 0 Å². The third-order valence-electron chi connectivity index (χ3n) is 10.2. The normalized spacial score (nSPS) is 46.7. The van der Waals surface area contributed by atoms with Gasteiger partial charge >= 0.3 is 5.97 Å². The van der Waals surface area contributed by atoms with Crippen molar-refractivity contribution < 1.29 is 14.7 Å². The highest BCUT2D eigenvalue weighted by atomic mass is 16.4. The van der Waals surface area contributed by atoms with Crippen molar-refractivity contribution in [3.8, 4) is 0 Å². The maximum Gasteiger partial charge on any atom is 0.303 e. The largest absolute Gasteiger partial charge is 0.481 e. The van der Waals surface area contributed by atoms with E-state index in [9.17, 15) is 9.59 Å². The minimum Gasteiger partial charge on any atom is -0.481 e. The molecule has 5 unspecified atom stereocenters. The summed E-state index contributed by atoms with van der Waals surface area (Å²) >= 11 is 0. The number of carbonyl (C=O) groups excluding carboxylic acids is 1. The number of hydrogen-bond acceptors (Lipinski definition) is 2. The number of aliphatic carboxylic acids is 1. The highest BCUT2D eigenvalue weighted by Crippen LogP contribution is 2.68. The fourth-order valence-electron chi connectivity index (χ4n) is 8.79. The molecule has 0 bridgehead atoms. The van der Waals surface area contributed by atoms with Crippen molar-refractivity contribution in [2.45, 2.75) is 91.9 Å². The van der Waals surface area contributed by atoms with Gasteiger partial charge in [0.25, 0.3) is 0 Å². The van der Waals surface area contributed by atoms with Crippen LogP contribution < -0.4 is 0 Å². The second-order valence-electron chi connectivity index (χ2n) is 11.3. The lowest BCUT2D eigenvalue weighted by molar-refractivity contribution is -0.146. The number of allylic oxidation sites excluding steroid dienone is 2. The summed E-state index contributed by atoms with van der Waals surface area (Å²) in [5.74, 6) is 2.51. The van der Waals surface area contributed by atoms with Crippen LogP contribution in [0.1, 0.15) is 91.9 Å². The van der Waals surface area contributed by atoms with Gasteiger partial charge in [-0.1, -0.05) is 39.7 Å². The first-order valence-corrected chi connectivity index (χ1v) is 12.2. The lowest BCUT2D eigenvalue weighted by atomic mass is 9.43. The van der Waals surface area contributed by atoms with Gasteiger partial charge in [0, 0.05) is 12.3 Å². The van der Waals surface area contributed by atoms with Gasteiger partial charge in [-0.15, -0.1) is 0 Å². The van der Waals surface area contributed by atoms with Gasteiger partial charge in [-0.2, -0.15) is 0 Å². The number of carbonyl (C=O) groups is 2. The summed E-state index contributed by atoms with van der Waals surface area (Å²) < 4.78 is 0. The van der Waals surface area contributed by atoms with Gasteiger partial charge in [-0.25, -0.2) is 0 Å². The Hall–Kier alpha value is -1.12. The highest BCUT2D eigenvalue weighted by molar-refractivity contribution is 5.99. The number of Topliss-reactive ketones (excluding diaryl/α,β-unsaturated/α-hetero) is 1. The van der Waals surface area contributed by atoms with Gasteiger partial charge in [0.15, 0.2) is 5.78 Å². The van der Waals surface area contributed by atoms with Crippen LogP contribution in [0.4, 0.5) is 0 Å². The third kappa shape index (κ3) is 3.13. The number of fused-ring (bicyclic) bond motifs is 5. The van der Waals surface area contributed by atoms with E-state index >= 15 is 0 Å². The molecule has 0 amide bonds. The van der Waals surface area contributed by atoms with Crippen LogP contribution in [0.2, 0.25) is 0 Å². The summed E-state index contributed by atoms with van der Waals surface area (Å²) in [5, 5.41) is 9.13. The Bertz CT molecular complexity index is 709. The Balaban J connectivity index is 1.64. The van der Waals surface area contributed by atoms with E-state index in [2.05, 4.69) is 33.8 Å². The Kier molecular flexibility index (Phi) is 5.49. The second-order valence-corrected chi connectivity index (χ2v) is 11.3. The average Bonchev–Trinajstić information content (AvgIpc) is 3.04. The minimum absolute atomic E-state index is 0.200. The van der Waals surface area contributed by atoms with Gasteiger partial charge < -0.3 is 5.11 Å². The monoisotopic (exact) mass is 400 g/mol. The van der Waals surface area contributed by atoms with E-state index in [1.165, 1.54) is 44.9 Å². The number of carboxylic acids is 1. The van der Waals surface area contributed by atoms with Crippen molar-refractivity contribution in [1.29, 1.82) is 0 Å². The zero-order chi connectivity index (χ0) is 21.0. The summed E-state index contributed by atoms with van der Waals surface area (Å²) in [6.45, 7) is 9.29. The molecule has 4 aliphatic carbocycles. The number of carboxylic acid groups (broad SMARTS) is 1. The topological polar surface area (TPSA) is 54.4 Å². The number of ketones is 1. The maximum absolute atomic E-state index is 13.8. The smallest absolute Gasteiger partial charge is 0.303 e. The van der Waals surface area contributed by atoms with Crippen molar-refractivity contribution in [1.82, 2.24) is 0 Å². The van der Waals surface area contributed by atoms with Crippen LogP contribution in [0.15, 0.2) is 11.6 Å². The average molecular weight is 401 g/mol. The van der Waals surface area contributed by atoms with E-state index < -0.39 is 5.97 Å². The summed E-state index contributed by atoms with van der Waals surface area (Å²) in [4.78, 5) is 24.9. The molecule has 4 fully saturated rings. The van der Waals surface area contributed by atoms with Gasteiger partial charge in [-0.3, -0.25) is 9.59 Å². The number of rotatable bonds is 4. The van der Waals surface area contributed by atoms with Crippen molar-refractivity contribution in [2.24, 2.45) is 46.3 Å². The Morgan fingerprint density at radius 3 is 2.52 bits per heavy atom. The molecule has 0 saturated heterocycles. The van der Waals surface area contributed by atoms with Gasteiger partial charge in [0.2, 0.25) is 0 Å². The van der Waals surface area contributed by atoms with Crippen molar-refractivity contribution >= 4 is 11.8 Å². The predicted molar refractivity (Wildman–Crippen MR) is 115 cm³/mol. The van der Waals surface area contributed by atoms with E-state index in [4.69, 9.17) is 5.11 Å². The van der Waals surface area contributed by atoms with E-state index in [1.807, 2.05) is 0 Å². The van der Waals surface area contributed by atoms with E-state index in [-0.39, 0.29) is 17.8 Å². The Morgan fingerprint density at radius 2 is 1.83 bits per heavy atom. The predicted octanol–water partition coefficient (Wildman–Crippen LogP) is 6.27. The van der Waals surface area contributed by atoms with Crippen molar-refractivity contribution in [3.05, 3.63) is 11.6 Å². The molecular formula is C26H40O3. The van der Waals surface area contributed by atoms with Gasteiger partial charge in [-0.05, 0) is 97.9 Å². The van der Waals surface area contributed by atoms with E-state index in [0.29, 0.717) is 40.8 Å². The quantitative estimate of drug-likeness (QED) is 0.566. The molecule has 0 aromatic rings. The summed E-state index contributed by atoms with van der Waals surface area (Å²) in [6.07, 6.45) is 13.0. The number of hydrogen-bond donors (Lipinski definition) is 1. The highest BCUT2D eigenvalue weighted by Gasteiger charge is 2.63. The molecule has 0 aromatic heterocycles. The van der Waals surface area contributed by atoms with Crippen molar-refractivity contribution in [2.75, 3.05) is 0 Å². The molecule has 0 spiro atoms. The van der Waals surface area contributed by atoms with Crippen molar-refractivity contribution in [3.63, 3.8) is 0 Å². The molecular weight excluding hydrogens is 360 g/mol. The molecule has 1 N–H and O–H groups in total. The molecule has 0 aromatic carbocycles. The van der Waals surface area contributed by atoms with Crippen LogP contribution in [-0.2, 0) is 9.59 Å². The first-order chi connectivity index (χ1) is 13.7.